The van der Waals surface area contributed by atoms with E-state index in [1.54, 1.807) is 18.5 Å². The predicted molar refractivity (Wildman–Crippen MR) is 118 cm³/mol. The topological polar surface area (TPSA) is 75.9 Å². The highest BCUT2D eigenvalue weighted by Gasteiger charge is 2.19. The maximum Gasteiger partial charge on any atom is 0.281 e. The Hall–Kier alpha value is -4.00. The van der Waals surface area contributed by atoms with E-state index in [0.29, 0.717) is 23.9 Å². The van der Waals surface area contributed by atoms with Gasteiger partial charge in [0.05, 0.1) is 0 Å². The minimum Gasteiger partial charge on any atom is -0.378 e. The third kappa shape index (κ3) is 4.20. The van der Waals surface area contributed by atoms with Crippen LogP contribution in [0.2, 0.25) is 0 Å². The van der Waals surface area contributed by atoms with E-state index < -0.39 is 0 Å². The van der Waals surface area contributed by atoms with Crippen molar-refractivity contribution < 1.29 is 4.79 Å². The Labute approximate surface area is 175 Å². The molecule has 0 aliphatic rings. The largest absolute Gasteiger partial charge is 0.378 e. The van der Waals surface area contributed by atoms with E-state index in [1.807, 2.05) is 79.7 Å². The van der Waals surface area contributed by atoms with Crippen molar-refractivity contribution >= 4 is 17.5 Å². The minimum absolute atomic E-state index is 0.253. The van der Waals surface area contributed by atoms with Crippen LogP contribution < -0.4 is 10.2 Å². The predicted octanol–water partition coefficient (Wildman–Crippen LogP) is 3.71. The summed E-state index contributed by atoms with van der Waals surface area (Å²) in [5, 5.41) is 7.73. The molecule has 0 saturated heterocycles. The second kappa shape index (κ2) is 8.57. The van der Waals surface area contributed by atoms with Crippen molar-refractivity contribution in [2.45, 2.75) is 6.54 Å². The molecule has 0 atom stereocenters. The lowest BCUT2D eigenvalue weighted by Gasteiger charge is -2.13. The number of aromatic nitrogens is 4. The van der Waals surface area contributed by atoms with Crippen LogP contribution in [0.25, 0.3) is 11.4 Å². The summed E-state index contributed by atoms with van der Waals surface area (Å²) in [6.07, 6.45) is 3.37. The highest BCUT2D eigenvalue weighted by molar-refractivity contribution is 5.98. The van der Waals surface area contributed by atoms with Crippen molar-refractivity contribution in [3.63, 3.8) is 0 Å². The van der Waals surface area contributed by atoms with Crippen LogP contribution in [0.15, 0.2) is 79.1 Å². The van der Waals surface area contributed by atoms with Crippen molar-refractivity contribution in [1.82, 2.24) is 19.7 Å². The maximum absolute atomic E-state index is 13.3. The minimum atomic E-state index is -0.253. The summed E-state index contributed by atoms with van der Waals surface area (Å²) in [7, 11) is 3.87. The quantitative estimate of drug-likeness (QED) is 0.534. The zero-order chi connectivity index (χ0) is 20.9. The molecule has 4 rings (SSSR count). The smallest absolute Gasteiger partial charge is 0.281 e. The van der Waals surface area contributed by atoms with Gasteiger partial charge in [0.15, 0.2) is 5.82 Å². The molecule has 0 aliphatic heterocycles. The molecule has 0 fully saturated rings. The first kappa shape index (κ1) is 19.3. The molecule has 2 heterocycles. The lowest BCUT2D eigenvalue weighted by molar-refractivity contribution is 0.0947. The Morgan fingerprint density at radius 1 is 1.03 bits per heavy atom. The fourth-order valence-electron chi connectivity index (χ4n) is 3.00. The lowest BCUT2D eigenvalue weighted by Crippen LogP contribution is -2.18. The Balaban J connectivity index is 1.70. The van der Waals surface area contributed by atoms with Crippen LogP contribution in [0.4, 0.5) is 11.6 Å². The van der Waals surface area contributed by atoms with E-state index in [1.165, 1.54) is 4.68 Å². The first-order valence-electron chi connectivity index (χ1n) is 9.59. The van der Waals surface area contributed by atoms with Gasteiger partial charge in [-0.25, -0.2) is 0 Å². The lowest BCUT2D eigenvalue weighted by atomic mass is 10.2. The number of hydrogen-bond acceptors (Lipinski definition) is 6. The van der Waals surface area contributed by atoms with Gasteiger partial charge in [-0.05, 0) is 35.9 Å². The zero-order valence-electron chi connectivity index (χ0n) is 16.9. The van der Waals surface area contributed by atoms with Crippen molar-refractivity contribution in [2.75, 3.05) is 24.3 Å². The highest BCUT2D eigenvalue weighted by Crippen LogP contribution is 2.20. The number of nitrogens with zero attached hydrogens (tertiary/aromatic N) is 5. The van der Waals surface area contributed by atoms with E-state index >= 15 is 0 Å². The highest BCUT2D eigenvalue weighted by atomic mass is 16.2. The molecule has 150 valence electrons. The van der Waals surface area contributed by atoms with Gasteiger partial charge >= 0.3 is 0 Å². The number of carbonyl (C=O) groups excluding carboxylic acids is 1. The van der Waals surface area contributed by atoms with E-state index in [0.717, 1.165) is 16.8 Å². The molecule has 0 radical (unpaired) electrons. The molecule has 0 aliphatic carbocycles. The first-order chi connectivity index (χ1) is 14.6. The molecular weight excluding hydrogens is 376 g/mol. The van der Waals surface area contributed by atoms with Crippen LogP contribution in [0.3, 0.4) is 0 Å². The molecule has 1 N–H and O–H groups in total. The van der Waals surface area contributed by atoms with Crippen molar-refractivity contribution in [3.8, 4) is 11.4 Å². The number of carbonyl (C=O) groups is 1. The number of anilines is 2. The molecule has 7 nitrogen and oxygen atoms in total. The summed E-state index contributed by atoms with van der Waals surface area (Å²) in [6.45, 7) is 0.525. The molecule has 2 aromatic heterocycles. The second-order valence-electron chi connectivity index (χ2n) is 7.00. The summed E-state index contributed by atoms with van der Waals surface area (Å²) in [6, 6.07) is 21.1. The number of pyridine rings is 1. The number of rotatable bonds is 6. The molecule has 7 heteroatoms. The summed E-state index contributed by atoms with van der Waals surface area (Å²) < 4.78 is 1.32. The molecule has 4 aromatic rings. The Kier molecular flexibility index (Phi) is 5.52. The number of nitrogens with one attached hydrogen (secondary N) is 1. The third-order valence-corrected chi connectivity index (χ3v) is 4.62. The Morgan fingerprint density at radius 2 is 1.87 bits per heavy atom. The van der Waals surface area contributed by atoms with E-state index in [2.05, 4.69) is 20.4 Å². The normalized spacial score (nSPS) is 10.6. The van der Waals surface area contributed by atoms with Crippen LogP contribution >= 0.6 is 0 Å². The average Bonchev–Trinajstić information content (AvgIpc) is 3.23. The van der Waals surface area contributed by atoms with Crippen molar-refractivity contribution in [1.29, 1.82) is 0 Å². The van der Waals surface area contributed by atoms with Gasteiger partial charge in [-0.15, -0.1) is 5.10 Å². The summed E-state index contributed by atoms with van der Waals surface area (Å²) in [5.41, 5.74) is 3.30. The van der Waals surface area contributed by atoms with Crippen LogP contribution in [-0.2, 0) is 6.54 Å². The van der Waals surface area contributed by atoms with Crippen molar-refractivity contribution in [3.05, 3.63) is 90.3 Å². The van der Waals surface area contributed by atoms with Gasteiger partial charge in [0.2, 0.25) is 5.95 Å². The van der Waals surface area contributed by atoms with Gasteiger partial charge in [0, 0.05) is 49.8 Å². The first-order valence-corrected chi connectivity index (χ1v) is 9.59. The van der Waals surface area contributed by atoms with Crippen molar-refractivity contribution in [2.24, 2.45) is 0 Å². The number of hydrogen-bond donors (Lipinski definition) is 1. The number of benzene rings is 2. The molecule has 30 heavy (non-hydrogen) atoms. The summed E-state index contributed by atoms with van der Waals surface area (Å²) in [4.78, 5) is 23.9. The maximum atomic E-state index is 13.3. The molecule has 0 saturated carbocycles. The molecule has 2 aromatic carbocycles. The van der Waals surface area contributed by atoms with Crippen LogP contribution in [0.5, 0.6) is 0 Å². The SMILES string of the molecule is CN(C)c1cccc(C(=O)n2nc(-c3cccnc3)nc2NCc2ccccc2)c1. The molecular formula is C23H22N6O. The van der Waals surface area contributed by atoms with Gasteiger partial charge < -0.3 is 10.2 Å². The van der Waals surface area contributed by atoms with Crippen LogP contribution in [0.1, 0.15) is 15.9 Å². The molecule has 0 unspecified atom stereocenters. The Morgan fingerprint density at radius 3 is 2.60 bits per heavy atom. The third-order valence-electron chi connectivity index (χ3n) is 4.62. The van der Waals surface area contributed by atoms with Gasteiger partial charge in [-0.1, -0.05) is 36.4 Å². The standard InChI is InChI=1S/C23H22N6O/c1-28(2)20-12-6-10-18(14-20)22(30)29-23(25-15-17-8-4-3-5-9-17)26-21(27-29)19-11-7-13-24-16-19/h3-14,16H,15H2,1-2H3,(H,25,26,27). The second-order valence-corrected chi connectivity index (χ2v) is 7.00. The monoisotopic (exact) mass is 398 g/mol. The van der Waals surface area contributed by atoms with E-state index in [-0.39, 0.29) is 5.91 Å². The van der Waals surface area contributed by atoms with Crippen LogP contribution in [0, 0.1) is 0 Å². The fourth-order valence-corrected chi connectivity index (χ4v) is 3.00. The van der Waals surface area contributed by atoms with Gasteiger partial charge in [0.25, 0.3) is 5.91 Å². The zero-order valence-corrected chi connectivity index (χ0v) is 16.9. The molecule has 0 bridgehead atoms. The average molecular weight is 398 g/mol. The van der Waals surface area contributed by atoms with E-state index in [4.69, 9.17) is 0 Å². The van der Waals surface area contributed by atoms with Gasteiger partial charge in [-0.3, -0.25) is 9.78 Å². The van der Waals surface area contributed by atoms with Crippen LogP contribution in [-0.4, -0.2) is 39.8 Å². The molecule has 0 amide bonds. The fraction of sp³-hybridized carbons (Fsp3) is 0.130. The summed E-state index contributed by atoms with van der Waals surface area (Å²) >= 11 is 0. The Bertz CT molecular complexity index is 1140. The van der Waals surface area contributed by atoms with E-state index in [9.17, 15) is 4.79 Å². The molecule has 0 spiro atoms. The van der Waals surface area contributed by atoms with Gasteiger partial charge in [-0.2, -0.15) is 9.67 Å². The van der Waals surface area contributed by atoms with Gasteiger partial charge in [0.1, 0.15) is 0 Å². The summed E-state index contributed by atoms with van der Waals surface area (Å²) in [5.74, 6) is 0.575.